The predicted octanol–water partition coefficient (Wildman–Crippen LogP) is 2.79. The number of thiophene rings is 1. The van der Waals surface area contributed by atoms with Crippen molar-refractivity contribution in [1.82, 2.24) is 4.90 Å². The summed E-state index contributed by atoms with van der Waals surface area (Å²) in [7, 11) is 0. The van der Waals surface area contributed by atoms with Crippen LogP contribution in [0.1, 0.15) is 32.6 Å². The molecule has 15 heteroatoms. The largest absolute Gasteiger partial charge is 0.463 e. The highest BCUT2D eigenvalue weighted by molar-refractivity contribution is 9.11. The molecule has 37 heavy (non-hydrogen) atoms. The Morgan fingerprint density at radius 1 is 1.00 bits per heavy atom. The second kappa shape index (κ2) is 12.5. The van der Waals surface area contributed by atoms with Crippen LogP contribution in [0.2, 0.25) is 0 Å². The summed E-state index contributed by atoms with van der Waals surface area (Å²) < 4.78 is 28.3. The first-order chi connectivity index (χ1) is 17.4. The summed E-state index contributed by atoms with van der Waals surface area (Å²) in [6, 6.07) is 3.65. The first-order valence-electron chi connectivity index (χ1n) is 10.7. The van der Waals surface area contributed by atoms with Crippen molar-refractivity contribution < 1.29 is 47.7 Å². The van der Waals surface area contributed by atoms with Crippen LogP contribution in [0.15, 0.2) is 20.8 Å². The van der Waals surface area contributed by atoms with Crippen LogP contribution in [0.5, 0.6) is 0 Å². The molecule has 3 heterocycles. The van der Waals surface area contributed by atoms with Crippen LogP contribution in [0.25, 0.3) is 6.08 Å². The lowest BCUT2D eigenvalue weighted by Crippen LogP contribution is -2.66. The summed E-state index contributed by atoms with van der Waals surface area (Å²) in [6.45, 7) is 4.11. The van der Waals surface area contributed by atoms with Gasteiger partial charge in [-0.1, -0.05) is 24.0 Å². The Balaban J connectivity index is 2.05. The van der Waals surface area contributed by atoms with E-state index in [0.29, 0.717) is 0 Å². The zero-order valence-electron chi connectivity index (χ0n) is 20.0. The highest BCUT2D eigenvalue weighted by atomic mass is 79.9. The Labute approximate surface area is 233 Å². The second-order valence-electron chi connectivity index (χ2n) is 7.78. The standard InChI is InChI=1S/C22H22BrNO10S3/c1-9(25)30-8-14-17(31-10(2)26)18(32-11(3)27)19(33-12(4)28)21(34-14)24-20(29)15(37-22(24)35)7-13-5-6-16(23)36-13/h5-7,14,17-19,21H,8H2,1-4H3/b15-7-/t14-,17+,18+,19-,21-/m1/s1. The minimum absolute atomic E-state index is 0.0905. The van der Waals surface area contributed by atoms with Crippen LogP contribution in [0, 0.1) is 0 Å². The molecule has 2 aliphatic heterocycles. The normalized spacial score (nSPS) is 26.7. The van der Waals surface area contributed by atoms with Gasteiger partial charge < -0.3 is 23.7 Å². The van der Waals surface area contributed by atoms with Gasteiger partial charge in [0.05, 0.1) is 8.69 Å². The van der Waals surface area contributed by atoms with Gasteiger partial charge in [0, 0.05) is 32.6 Å². The van der Waals surface area contributed by atoms with E-state index >= 15 is 0 Å². The lowest BCUT2D eigenvalue weighted by molar-refractivity contribution is -0.268. The number of thiocarbonyl (C=S) groups is 1. The van der Waals surface area contributed by atoms with Crippen LogP contribution in [0.4, 0.5) is 0 Å². The lowest BCUT2D eigenvalue weighted by Gasteiger charge is -2.46. The van der Waals surface area contributed by atoms with Crippen LogP contribution < -0.4 is 0 Å². The summed E-state index contributed by atoms with van der Waals surface area (Å²) in [5, 5.41) is 0. The van der Waals surface area contributed by atoms with Crippen molar-refractivity contribution in [3.8, 4) is 0 Å². The monoisotopic (exact) mass is 635 g/mol. The minimum atomic E-state index is -1.43. The first kappa shape index (κ1) is 29.2. The highest BCUT2D eigenvalue weighted by Gasteiger charge is 2.56. The number of thioether (sulfide) groups is 1. The van der Waals surface area contributed by atoms with Gasteiger partial charge in [-0.05, 0) is 34.1 Å². The predicted molar refractivity (Wildman–Crippen MR) is 139 cm³/mol. The topological polar surface area (TPSA) is 135 Å². The van der Waals surface area contributed by atoms with Gasteiger partial charge in [0.15, 0.2) is 28.9 Å². The lowest BCUT2D eigenvalue weighted by atomic mass is 9.96. The third-order valence-corrected chi connectivity index (χ3v) is 7.81. The Kier molecular flexibility index (Phi) is 9.86. The molecule has 11 nitrogen and oxygen atoms in total. The average molecular weight is 637 g/mol. The molecule has 0 N–H and O–H groups in total. The molecule has 2 fully saturated rings. The van der Waals surface area contributed by atoms with Crippen molar-refractivity contribution in [2.75, 3.05) is 6.61 Å². The van der Waals surface area contributed by atoms with Gasteiger partial charge >= 0.3 is 23.9 Å². The number of esters is 4. The molecule has 1 amide bonds. The Hall–Kier alpha value is -2.33. The number of hydrogen-bond acceptors (Lipinski definition) is 13. The van der Waals surface area contributed by atoms with Gasteiger partial charge in [-0.25, -0.2) is 0 Å². The molecule has 2 saturated heterocycles. The number of ether oxygens (including phenoxy) is 5. The number of amides is 1. The molecule has 0 bridgehead atoms. The van der Waals surface area contributed by atoms with Crippen molar-refractivity contribution in [2.45, 2.75) is 58.3 Å². The van der Waals surface area contributed by atoms with Crippen molar-refractivity contribution in [3.63, 3.8) is 0 Å². The quantitative estimate of drug-likeness (QED) is 0.189. The average Bonchev–Trinajstić information content (AvgIpc) is 3.30. The van der Waals surface area contributed by atoms with Crippen molar-refractivity contribution in [1.29, 1.82) is 0 Å². The number of carbonyl (C=O) groups excluding carboxylic acids is 5. The third kappa shape index (κ3) is 7.37. The second-order valence-corrected chi connectivity index (χ2v) is 12.0. The van der Waals surface area contributed by atoms with E-state index in [1.807, 2.05) is 12.1 Å². The van der Waals surface area contributed by atoms with E-state index in [2.05, 4.69) is 15.9 Å². The van der Waals surface area contributed by atoms with Gasteiger partial charge in [-0.3, -0.25) is 28.9 Å². The van der Waals surface area contributed by atoms with Crippen molar-refractivity contribution in [3.05, 3.63) is 25.7 Å². The number of carbonyl (C=O) groups is 5. The number of nitrogens with zero attached hydrogens (tertiary/aromatic N) is 1. The molecule has 0 radical (unpaired) electrons. The van der Waals surface area contributed by atoms with Crippen molar-refractivity contribution in [2.24, 2.45) is 0 Å². The van der Waals surface area contributed by atoms with E-state index in [1.165, 1.54) is 18.3 Å². The first-order valence-corrected chi connectivity index (χ1v) is 13.5. The van der Waals surface area contributed by atoms with Crippen LogP contribution >= 0.6 is 51.2 Å². The molecule has 3 rings (SSSR count). The third-order valence-electron chi connectivity index (χ3n) is 4.91. The zero-order valence-corrected chi connectivity index (χ0v) is 24.0. The number of halogens is 1. The molecule has 0 unspecified atom stereocenters. The van der Waals surface area contributed by atoms with Gasteiger partial charge in [0.2, 0.25) is 0 Å². The van der Waals surface area contributed by atoms with Gasteiger partial charge in [-0.15, -0.1) is 11.3 Å². The molecule has 1 aromatic heterocycles. The fourth-order valence-corrected chi connectivity index (χ4v) is 6.39. The molecule has 0 aliphatic carbocycles. The zero-order chi connectivity index (χ0) is 27.4. The summed E-state index contributed by atoms with van der Waals surface area (Å²) in [5.41, 5.74) is 0. The maximum atomic E-state index is 13.5. The van der Waals surface area contributed by atoms with E-state index in [4.69, 9.17) is 35.9 Å². The fraction of sp³-hybridized carbons (Fsp3) is 0.455. The smallest absolute Gasteiger partial charge is 0.303 e. The van der Waals surface area contributed by atoms with Crippen LogP contribution in [-0.2, 0) is 47.7 Å². The molecular weight excluding hydrogens is 614 g/mol. The number of hydrogen-bond donors (Lipinski definition) is 0. The number of rotatable bonds is 7. The molecule has 1 aromatic rings. The Morgan fingerprint density at radius 3 is 2.14 bits per heavy atom. The van der Waals surface area contributed by atoms with E-state index in [9.17, 15) is 24.0 Å². The Morgan fingerprint density at radius 2 is 1.59 bits per heavy atom. The van der Waals surface area contributed by atoms with E-state index in [-0.39, 0.29) is 9.23 Å². The molecule has 0 aromatic carbocycles. The Bertz CT molecular complexity index is 1150. The maximum Gasteiger partial charge on any atom is 0.303 e. The van der Waals surface area contributed by atoms with Gasteiger partial charge in [0.25, 0.3) is 5.91 Å². The summed E-state index contributed by atoms with van der Waals surface area (Å²) >= 11 is 11.2. The summed E-state index contributed by atoms with van der Waals surface area (Å²) in [4.78, 5) is 63.1. The molecule has 5 atom stereocenters. The molecule has 200 valence electrons. The van der Waals surface area contributed by atoms with E-state index < -0.39 is 67.0 Å². The van der Waals surface area contributed by atoms with Gasteiger partial charge in [0.1, 0.15) is 12.7 Å². The summed E-state index contributed by atoms with van der Waals surface area (Å²) in [5.74, 6) is -3.50. The fourth-order valence-electron chi connectivity index (χ4n) is 3.65. The SMILES string of the molecule is CC(=O)OC[C@H]1O[C@@H](N2C(=O)/C(=C/c3ccc(Br)s3)SC2=S)[C@H](OC(C)=O)[C@@H](OC(C)=O)[C@H]1OC(C)=O. The minimum Gasteiger partial charge on any atom is -0.463 e. The molecule has 2 aliphatic rings. The molecular formula is C22H22BrNO10S3. The van der Waals surface area contributed by atoms with Crippen LogP contribution in [-0.4, -0.2) is 76.3 Å². The van der Waals surface area contributed by atoms with Gasteiger partial charge in [-0.2, -0.15) is 0 Å². The van der Waals surface area contributed by atoms with E-state index in [0.717, 1.165) is 46.1 Å². The highest BCUT2D eigenvalue weighted by Crippen LogP contribution is 2.40. The van der Waals surface area contributed by atoms with E-state index in [1.54, 1.807) is 6.08 Å². The maximum absolute atomic E-state index is 13.5. The molecule has 0 spiro atoms. The molecule has 0 saturated carbocycles. The summed E-state index contributed by atoms with van der Waals surface area (Å²) in [6.07, 6.45) is -5.12. The van der Waals surface area contributed by atoms with Crippen molar-refractivity contribution >= 4 is 91.4 Å². The van der Waals surface area contributed by atoms with Crippen LogP contribution in [0.3, 0.4) is 0 Å².